The maximum absolute atomic E-state index is 14.7. The summed E-state index contributed by atoms with van der Waals surface area (Å²) in [5, 5.41) is 0.591. The van der Waals surface area contributed by atoms with Gasteiger partial charge < -0.3 is 14.4 Å². The van der Waals surface area contributed by atoms with Crippen LogP contribution < -0.4 is 9.47 Å². The van der Waals surface area contributed by atoms with Gasteiger partial charge in [0, 0.05) is 36.2 Å². The molecule has 0 bridgehead atoms. The second kappa shape index (κ2) is 7.47. The molecule has 2 aliphatic heterocycles. The van der Waals surface area contributed by atoms with Gasteiger partial charge in [-0.3, -0.25) is 4.79 Å². The van der Waals surface area contributed by atoms with E-state index in [-0.39, 0.29) is 17.2 Å². The highest BCUT2D eigenvalue weighted by molar-refractivity contribution is 6.30. The molecule has 28 heavy (non-hydrogen) atoms. The molecule has 1 unspecified atom stereocenters. The van der Waals surface area contributed by atoms with Crippen molar-refractivity contribution in [1.29, 1.82) is 0 Å². The van der Waals surface area contributed by atoms with Gasteiger partial charge in [0.15, 0.2) is 11.5 Å². The zero-order valence-corrected chi connectivity index (χ0v) is 16.2. The van der Waals surface area contributed by atoms with Gasteiger partial charge in [0.05, 0.1) is 5.56 Å². The number of carbonyl (C=O) groups is 1. The molecule has 0 spiro atoms. The van der Waals surface area contributed by atoms with Crippen molar-refractivity contribution in [3.63, 3.8) is 0 Å². The van der Waals surface area contributed by atoms with Gasteiger partial charge in [-0.25, -0.2) is 4.39 Å². The molecule has 2 aromatic rings. The minimum Gasteiger partial charge on any atom is -0.444 e. The van der Waals surface area contributed by atoms with Crippen LogP contribution in [0.15, 0.2) is 49.1 Å². The minimum absolute atomic E-state index is 0.00904. The minimum atomic E-state index is -1.16. The third-order valence-corrected chi connectivity index (χ3v) is 5.41. The average Bonchev–Trinajstić information content (AvgIpc) is 3.06. The topological polar surface area (TPSA) is 38.8 Å². The lowest BCUT2D eigenvalue weighted by Gasteiger charge is -2.27. The number of nitrogens with zero attached hydrogens (tertiary/aromatic N) is 1. The predicted molar refractivity (Wildman–Crippen MR) is 105 cm³/mol. The molecular weight excluding hydrogens is 381 g/mol. The molecule has 2 heterocycles. The van der Waals surface area contributed by atoms with Gasteiger partial charge in [-0.1, -0.05) is 17.7 Å². The van der Waals surface area contributed by atoms with Gasteiger partial charge in [-0.05, 0) is 49.6 Å². The summed E-state index contributed by atoms with van der Waals surface area (Å²) in [6.45, 7) is 5.08. The molecule has 1 fully saturated rings. The number of hydrogen-bond donors (Lipinski definition) is 0. The number of halogens is 2. The number of fused-ring (bicyclic) bond motifs is 1. The van der Waals surface area contributed by atoms with Crippen molar-refractivity contribution in [2.45, 2.75) is 31.5 Å². The molecule has 146 valence electrons. The number of rotatable bonds is 4. The maximum atomic E-state index is 14.7. The molecule has 4 nitrogen and oxygen atoms in total. The molecular formula is C22H21ClFNO3. The van der Waals surface area contributed by atoms with Crippen LogP contribution in [0.4, 0.5) is 4.39 Å². The zero-order valence-electron chi connectivity index (χ0n) is 15.4. The fourth-order valence-corrected chi connectivity index (χ4v) is 3.84. The van der Waals surface area contributed by atoms with Crippen molar-refractivity contribution < 1.29 is 18.7 Å². The Labute approximate surface area is 168 Å². The summed E-state index contributed by atoms with van der Waals surface area (Å²) in [5.41, 5.74) is 0.743. The van der Waals surface area contributed by atoms with Crippen molar-refractivity contribution in [2.75, 3.05) is 13.1 Å². The van der Waals surface area contributed by atoms with Gasteiger partial charge >= 0.3 is 0 Å². The molecule has 0 aliphatic carbocycles. The highest BCUT2D eigenvalue weighted by Gasteiger charge is 2.43. The van der Waals surface area contributed by atoms with E-state index < -0.39 is 11.6 Å². The van der Waals surface area contributed by atoms with Crippen LogP contribution in [-0.2, 0) is 5.79 Å². The fraction of sp³-hybridized carbons (Fsp3) is 0.318. The molecule has 1 amide bonds. The smallest absolute Gasteiger partial charge is 0.281 e. The van der Waals surface area contributed by atoms with Crippen LogP contribution in [-0.4, -0.2) is 23.9 Å². The second-order valence-electron chi connectivity index (χ2n) is 7.09. The van der Waals surface area contributed by atoms with E-state index in [1.165, 1.54) is 12.1 Å². The lowest BCUT2D eigenvalue weighted by atomic mass is 10.0. The van der Waals surface area contributed by atoms with E-state index >= 15 is 0 Å². The standard InChI is InChI=1S/C22H21ClFNO3/c1-2-10-22(15-6-8-16(23)9-7-15)27-19-13-17(18(24)14-20(19)28-22)21(26)25-11-4-3-5-12-25/h2,6-9,13-14H,1,3-5,10-12H2. The number of hydrogen-bond acceptors (Lipinski definition) is 3. The number of carbonyl (C=O) groups excluding carboxylic acids is 1. The fourth-order valence-electron chi connectivity index (χ4n) is 3.71. The summed E-state index contributed by atoms with van der Waals surface area (Å²) < 4.78 is 26.9. The Morgan fingerprint density at radius 1 is 1.14 bits per heavy atom. The number of benzene rings is 2. The summed E-state index contributed by atoms with van der Waals surface area (Å²) in [6.07, 6.45) is 5.00. The van der Waals surface area contributed by atoms with Crippen LogP contribution in [0.3, 0.4) is 0 Å². The van der Waals surface area contributed by atoms with Crippen molar-refractivity contribution in [1.82, 2.24) is 4.90 Å². The highest BCUT2D eigenvalue weighted by atomic mass is 35.5. The lowest BCUT2D eigenvalue weighted by Crippen LogP contribution is -2.36. The lowest BCUT2D eigenvalue weighted by molar-refractivity contribution is -0.0832. The molecule has 2 aliphatic rings. The molecule has 0 saturated carbocycles. The van der Waals surface area contributed by atoms with Crippen LogP contribution in [0.25, 0.3) is 0 Å². The highest BCUT2D eigenvalue weighted by Crippen LogP contribution is 2.47. The monoisotopic (exact) mass is 401 g/mol. The summed E-state index contributed by atoms with van der Waals surface area (Å²) >= 11 is 5.99. The van der Waals surface area contributed by atoms with Gasteiger partial charge in [-0.2, -0.15) is 0 Å². The van der Waals surface area contributed by atoms with Crippen molar-refractivity contribution in [3.05, 3.63) is 71.0 Å². The first kappa shape index (κ1) is 18.8. The summed E-state index contributed by atoms with van der Waals surface area (Å²) in [4.78, 5) is 14.5. The Kier molecular flexibility index (Phi) is 5.02. The van der Waals surface area contributed by atoms with E-state index in [0.717, 1.165) is 24.8 Å². The van der Waals surface area contributed by atoms with Crippen molar-refractivity contribution in [3.8, 4) is 11.5 Å². The Balaban J connectivity index is 1.67. The van der Waals surface area contributed by atoms with Gasteiger partial charge in [0.1, 0.15) is 5.82 Å². The number of likely N-dealkylation sites (tertiary alicyclic amines) is 1. The molecule has 0 N–H and O–H groups in total. The third-order valence-electron chi connectivity index (χ3n) is 5.15. The van der Waals surface area contributed by atoms with Gasteiger partial charge in [0.2, 0.25) is 0 Å². The largest absolute Gasteiger partial charge is 0.444 e. The van der Waals surface area contributed by atoms with Crippen molar-refractivity contribution in [2.24, 2.45) is 0 Å². The zero-order chi connectivity index (χ0) is 19.7. The molecule has 1 atom stereocenters. The van der Waals surface area contributed by atoms with Gasteiger partial charge in [0.25, 0.3) is 11.7 Å². The van der Waals surface area contributed by atoms with E-state index in [1.54, 1.807) is 35.2 Å². The Morgan fingerprint density at radius 2 is 1.79 bits per heavy atom. The molecule has 6 heteroatoms. The molecule has 0 radical (unpaired) electrons. The van der Waals surface area contributed by atoms with Crippen LogP contribution in [0.5, 0.6) is 11.5 Å². The molecule has 4 rings (SSSR count). The van der Waals surface area contributed by atoms with Crippen LogP contribution in [0.2, 0.25) is 5.02 Å². The average molecular weight is 402 g/mol. The number of amides is 1. The first-order valence-corrected chi connectivity index (χ1v) is 9.78. The van der Waals surface area contributed by atoms with Crippen LogP contribution >= 0.6 is 11.6 Å². The molecule has 0 aromatic heterocycles. The van der Waals surface area contributed by atoms with E-state index in [0.29, 0.717) is 30.3 Å². The maximum Gasteiger partial charge on any atom is 0.281 e. The first-order valence-electron chi connectivity index (χ1n) is 9.40. The van der Waals surface area contributed by atoms with Crippen LogP contribution in [0, 0.1) is 5.82 Å². The molecule has 2 aromatic carbocycles. The van der Waals surface area contributed by atoms with E-state index in [2.05, 4.69) is 6.58 Å². The van der Waals surface area contributed by atoms with Crippen molar-refractivity contribution >= 4 is 17.5 Å². The first-order chi connectivity index (χ1) is 13.5. The van der Waals surface area contributed by atoms with E-state index in [1.807, 2.05) is 0 Å². The Hall–Kier alpha value is -2.53. The summed E-state index contributed by atoms with van der Waals surface area (Å²) in [6, 6.07) is 9.75. The quantitative estimate of drug-likeness (QED) is 0.652. The van der Waals surface area contributed by atoms with Crippen LogP contribution in [0.1, 0.15) is 41.6 Å². The summed E-state index contributed by atoms with van der Waals surface area (Å²) in [5.74, 6) is -1.46. The van der Waals surface area contributed by atoms with Gasteiger partial charge in [-0.15, -0.1) is 6.58 Å². The summed E-state index contributed by atoms with van der Waals surface area (Å²) in [7, 11) is 0. The predicted octanol–water partition coefficient (Wildman–Crippen LogP) is 5.31. The Morgan fingerprint density at radius 3 is 2.43 bits per heavy atom. The number of ether oxygens (including phenoxy) is 2. The molecule has 1 saturated heterocycles. The van der Waals surface area contributed by atoms with E-state index in [4.69, 9.17) is 21.1 Å². The second-order valence-corrected chi connectivity index (χ2v) is 7.52. The Bertz CT molecular complexity index is 909. The van der Waals surface area contributed by atoms with E-state index in [9.17, 15) is 9.18 Å². The SMILES string of the molecule is C=CCC1(c2ccc(Cl)cc2)Oc2cc(F)c(C(=O)N3CCCCC3)cc2O1. The number of piperidine rings is 1. The normalized spacial score (nSPS) is 20.9. The third kappa shape index (κ3) is 3.35.